The van der Waals surface area contributed by atoms with Gasteiger partial charge in [0.15, 0.2) is 0 Å². The third-order valence-corrected chi connectivity index (χ3v) is 5.58. The van der Waals surface area contributed by atoms with Crippen LogP contribution in [-0.2, 0) is 0 Å². The maximum absolute atomic E-state index is 2.53. The summed E-state index contributed by atoms with van der Waals surface area (Å²) in [6, 6.07) is 17.6. The van der Waals surface area contributed by atoms with Crippen LogP contribution in [0.4, 0.5) is 17.1 Å². The number of benzene rings is 2. The Bertz CT molecular complexity index is 704. The molecule has 2 aromatic rings. The first-order valence-electron chi connectivity index (χ1n) is 7.73. The van der Waals surface area contributed by atoms with Crippen LogP contribution in [-0.4, -0.2) is 13.2 Å². The Labute approximate surface area is 127 Å². The normalized spacial score (nSPS) is 25.3. The van der Waals surface area contributed by atoms with E-state index in [2.05, 4.69) is 86.1 Å². The third-order valence-electron chi connectivity index (χ3n) is 5.58. The summed E-state index contributed by atoms with van der Waals surface area (Å²) in [6.07, 6.45) is 0.375. The van der Waals surface area contributed by atoms with Gasteiger partial charge in [0.1, 0.15) is 6.17 Å². The summed E-state index contributed by atoms with van der Waals surface area (Å²) in [7, 11) is 2.23. The molecule has 0 aliphatic carbocycles. The molecule has 0 bridgehead atoms. The molecule has 2 aliphatic rings. The average Bonchev–Trinajstić information content (AvgIpc) is 2.80. The summed E-state index contributed by atoms with van der Waals surface area (Å²) < 4.78 is 0. The SMILES string of the molecule is CC1c2ccccc2N2c3ccccc3N(C)C2C1(C)C. The Morgan fingerprint density at radius 2 is 1.43 bits per heavy atom. The molecular formula is C19H22N2. The van der Waals surface area contributed by atoms with Crippen molar-refractivity contribution in [3.05, 3.63) is 54.1 Å². The van der Waals surface area contributed by atoms with Crippen molar-refractivity contribution >= 4 is 17.1 Å². The van der Waals surface area contributed by atoms with Crippen LogP contribution in [0.1, 0.15) is 32.3 Å². The number of nitrogens with zero attached hydrogens (tertiary/aromatic N) is 2. The number of hydrogen-bond acceptors (Lipinski definition) is 2. The molecule has 108 valence electrons. The highest BCUT2D eigenvalue weighted by molar-refractivity contribution is 5.86. The minimum absolute atomic E-state index is 0.183. The second-order valence-electron chi connectivity index (χ2n) is 6.95. The predicted octanol–water partition coefficient (Wildman–Crippen LogP) is 4.74. The van der Waals surface area contributed by atoms with Crippen LogP contribution < -0.4 is 9.80 Å². The minimum atomic E-state index is 0.183. The third kappa shape index (κ3) is 1.48. The molecule has 0 radical (unpaired) electrons. The van der Waals surface area contributed by atoms with E-state index in [9.17, 15) is 0 Å². The molecule has 2 unspecified atom stereocenters. The zero-order chi connectivity index (χ0) is 14.8. The monoisotopic (exact) mass is 278 g/mol. The van der Waals surface area contributed by atoms with Crippen LogP contribution in [0, 0.1) is 5.41 Å². The highest BCUT2D eigenvalue weighted by Crippen LogP contribution is 2.57. The van der Waals surface area contributed by atoms with E-state index in [1.54, 1.807) is 0 Å². The van der Waals surface area contributed by atoms with Crippen molar-refractivity contribution in [1.29, 1.82) is 0 Å². The fourth-order valence-corrected chi connectivity index (χ4v) is 4.19. The first-order valence-corrected chi connectivity index (χ1v) is 7.73. The second kappa shape index (κ2) is 4.03. The van der Waals surface area contributed by atoms with Gasteiger partial charge in [-0.25, -0.2) is 0 Å². The Balaban J connectivity index is 2.02. The fourth-order valence-electron chi connectivity index (χ4n) is 4.19. The maximum atomic E-state index is 2.53. The zero-order valence-electron chi connectivity index (χ0n) is 13.2. The van der Waals surface area contributed by atoms with Crippen LogP contribution in [0.3, 0.4) is 0 Å². The Morgan fingerprint density at radius 3 is 2.14 bits per heavy atom. The second-order valence-corrected chi connectivity index (χ2v) is 6.95. The lowest BCUT2D eigenvalue weighted by Crippen LogP contribution is -2.54. The van der Waals surface area contributed by atoms with Crippen molar-refractivity contribution in [1.82, 2.24) is 0 Å². The maximum Gasteiger partial charge on any atom is 0.112 e. The van der Waals surface area contributed by atoms with Gasteiger partial charge in [-0.15, -0.1) is 0 Å². The van der Waals surface area contributed by atoms with Crippen LogP contribution in [0.25, 0.3) is 0 Å². The minimum Gasteiger partial charge on any atom is -0.352 e. The van der Waals surface area contributed by atoms with Crippen molar-refractivity contribution in [2.75, 3.05) is 16.8 Å². The fraction of sp³-hybridized carbons (Fsp3) is 0.368. The van der Waals surface area contributed by atoms with Gasteiger partial charge >= 0.3 is 0 Å². The van der Waals surface area contributed by atoms with Gasteiger partial charge in [-0.1, -0.05) is 51.1 Å². The molecule has 0 amide bonds. The summed E-state index contributed by atoms with van der Waals surface area (Å²) in [5.74, 6) is 0.534. The smallest absolute Gasteiger partial charge is 0.112 e. The molecule has 2 heteroatoms. The van der Waals surface area contributed by atoms with Gasteiger partial charge in [0.25, 0.3) is 0 Å². The van der Waals surface area contributed by atoms with Crippen LogP contribution in [0.2, 0.25) is 0 Å². The molecule has 0 fully saturated rings. The molecule has 2 aliphatic heterocycles. The molecule has 0 N–H and O–H groups in total. The lowest BCUT2D eigenvalue weighted by Gasteiger charge is -2.50. The Kier molecular flexibility index (Phi) is 2.45. The number of hydrogen-bond donors (Lipinski definition) is 0. The standard InChI is InChI=1S/C19H22N2/c1-13-14-9-5-6-10-15(14)21-17-12-8-7-11-16(17)20(4)18(21)19(13,2)3/h5-13,18H,1-4H3. The van der Waals surface area contributed by atoms with E-state index in [0.717, 1.165) is 0 Å². The van der Waals surface area contributed by atoms with Gasteiger partial charge in [0, 0.05) is 18.2 Å². The highest BCUT2D eigenvalue weighted by Gasteiger charge is 2.51. The molecule has 4 rings (SSSR count). The molecular weight excluding hydrogens is 256 g/mol. The van der Waals surface area contributed by atoms with Crippen LogP contribution in [0.5, 0.6) is 0 Å². The van der Waals surface area contributed by atoms with E-state index in [1.165, 1.54) is 22.6 Å². The van der Waals surface area contributed by atoms with E-state index in [4.69, 9.17) is 0 Å². The summed E-state index contributed by atoms with van der Waals surface area (Å²) in [6.45, 7) is 7.16. The summed E-state index contributed by atoms with van der Waals surface area (Å²) in [4.78, 5) is 4.98. The molecule has 2 heterocycles. The van der Waals surface area contributed by atoms with E-state index in [1.807, 2.05) is 0 Å². The lowest BCUT2D eigenvalue weighted by atomic mass is 9.70. The van der Waals surface area contributed by atoms with Crippen molar-refractivity contribution < 1.29 is 0 Å². The van der Waals surface area contributed by atoms with Crippen molar-refractivity contribution in [3.63, 3.8) is 0 Å². The first-order chi connectivity index (χ1) is 10.0. The van der Waals surface area contributed by atoms with Crippen LogP contribution in [0.15, 0.2) is 48.5 Å². The van der Waals surface area contributed by atoms with Crippen molar-refractivity contribution in [3.8, 4) is 0 Å². The first kappa shape index (κ1) is 12.8. The number of para-hydroxylation sites is 3. The molecule has 0 spiro atoms. The number of fused-ring (bicyclic) bond motifs is 5. The van der Waals surface area contributed by atoms with Crippen molar-refractivity contribution in [2.45, 2.75) is 32.9 Å². The van der Waals surface area contributed by atoms with Gasteiger partial charge in [0.2, 0.25) is 0 Å². The van der Waals surface area contributed by atoms with Gasteiger partial charge in [0.05, 0.1) is 11.4 Å². The molecule has 0 saturated carbocycles. The number of anilines is 3. The zero-order valence-corrected chi connectivity index (χ0v) is 13.2. The van der Waals surface area contributed by atoms with Gasteiger partial charge < -0.3 is 9.80 Å². The highest BCUT2D eigenvalue weighted by atomic mass is 15.4. The molecule has 0 aromatic heterocycles. The molecule has 21 heavy (non-hydrogen) atoms. The predicted molar refractivity (Wildman–Crippen MR) is 89.4 cm³/mol. The molecule has 2 nitrogen and oxygen atoms in total. The quantitative estimate of drug-likeness (QED) is 0.686. The van der Waals surface area contributed by atoms with E-state index >= 15 is 0 Å². The van der Waals surface area contributed by atoms with E-state index < -0.39 is 0 Å². The molecule has 2 atom stereocenters. The van der Waals surface area contributed by atoms with Gasteiger partial charge in [-0.2, -0.15) is 0 Å². The van der Waals surface area contributed by atoms with Gasteiger partial charge in [-0.3, -0.25) is 0 Å². The molecule has 0 saturated heterocycles. The topological polar surface area (TPSA) is 6.48 Å². The van der Waals surface area contributed by atoms with E-state index in [0.29, 0.717) is 12.1 Å². The summed E-state index contributed by atoms with van der Waals surface area (Å²) in [5.41, 5.74) is 5.68. The largest absolute Gasteiger partial charge is 0.352 e. The number of rotatable bonds is 0. The van der Waals surface area contributed by atoms with E-state index in [-0.39, 0.29) is 5.41 Å². The Morgan fingerprint density at radius 1 is 0.857 bits per heavy atom. The van der Waals surface area contributed by atoms with Crippen LogP contribution >= 0.6 is 0 Å². The Hall–Kier alpha value is -1.96. The summed E-state index contributed by atoms with van der Waals surface area (Å²) in [5, 5.41) is 0. The van der Waals surface area contributed by atoms with Gasteiger partial charge in [-0.05, 0) is 29.7 Å². The van der Waals surface area contributed by atoms with Crippen molar-refractivity contribution in [2.24, 2.45) is 5.41 Å². The summed E-state index contributed by atoms with van der Waals surface area (Å²) >= 11 is 0. The molecule has 2 aromatic carbocycles. The average molecular weight is 278 g/mol. The lowest BCUT2D eigenvalue weighted by molar-refractivity contribution is 0.226.